The first-order valence-electron chi connectivity index (χ1n) is 9.05. The SMILES string of the molecule is [C-]#[N+]c1c(C)cc(Nc2cc(C(C)C)[nH]n2)nc1NCCOc1cccnc1. The van der Waals surface area contributed by atoms with Crippen LogP contribution in [0.15, 0.2) is 36.7 Å². The van der Waals surface area contributed by atoms with E-state index in [1.807, 2.05) is 31.2 Å². The third-order valence-electron chi connectivity index (χ3n) is 4.07. The number of H-pyrrole nitrogens is 1. The number of rotatable bonds is 8. The smallest absolute Gasteiger partial charge is 0.231 e. The molecule has 3 rings (SSSR count). The summed E-state index contributed by atoms with van der Waals surface area (Å²) in [5, 5.41) is 13.6. The van der Waals surface area contributed by atoms with E-state index in [0.717, 1.165) is 11.3 Å². The van der Waals surface area contributed by atoms with Crippen LogP contribution in [0, 0.1) is 13.5 Å². The van der Waals surface area contributed by atoms with Gasteiger partial charge in [-0.15, -0.1) is 0 Å². The highest BCUT2D eigenvalue weighted by molar-refractivity contribution is 5.73. The van der Waals surface area contributed by atoms with Gasteiger partial charge in [-0.1, -0.05) is 13.8 Å². The standard InChI is InChI=1S/C20H23N7O/c1-13(2)16-11-18(27-26-16)24-17-10-14(3)19(21-4)20(25-17)23-8-9-28-15-6-5-7-22-12-15/h5-7,10-13H,8-9H2,1-3H3,(H3,23,24,25,26,27). The molecule has 0 spiro atoms. The van der Waals surface area contributed by atoms with Crippen molar-refractivity contribution in [1.82, 2.24) is 20.2 Å². The molecule has 3 aromatic heterocycles. The van der Waals surface area contributed by atoms with Crippen LogP contribution in [0.1, 0.15) is 31.0 Å². The number of ether oxygens (including phenoxy) is 1. The predicted octanol–water partition coefficient (Wildman–Crippen LogP) is 4.42. The van der Waals surface area contributed by atoms with Gasteiger partial charge in [-0.05, 0) is 36.6 Å². The third kappa shape index (κ3) is 4.76. The van der Waals surface area contributed by atoms with Crippen molar-refractivity contribution < 1.29 is 4.74 Å². The fourth-order valence-electron chi connectivity index (χ4n) is 2.59. The van der Waals surface area contributed by atoms with E-state index in [4.69, 9.17) is 11.3 Å². The summed E-state index contributed by atoms with van der Waals surface area (Å²) in [4.78, 5) is 12.2. The minimum Gasteiger partial charge on any atom is -0.490 e. The minimum atomic E-state index is 0.360. The minimum absolute atomic E-state index is 0.360. The quantitative estimate of drug-likeness (QED) is 0.398. The molecule has 0 saturated carbocycles. The van der Waals surface area contributed by atoms with Gasteiger partial charge in [0.05, 0.1) is 12.8 Å². The number of nitrogens with zero attached hydrogens (tertiary/aromatic N) is 4. The van der Waals surface area contributed by atoms with Gasteiger partial charge < -0.3 is 15.4 Å². The summed E-state index contributed by atoms with van der Waals surface area (Å²) in [6.45, 7) is 14.5. The van der Waals surface area contributed by atoms with Crippen LogP contribution in [0.5, 0.6) is 5.75 Å². The van der Waals surface area contributed by atoms with Crippen molar-refractivity contribution in [2.75, 3.05) is 23.8 Å². The Labute approximate surface area is 164 Å². The lowest BCUT2D eigenvalue weighted by molar-refractivity contribution is 0.331. The summed E-state index contributed by atoms with van der Waals surface area (Å²) in [7, 11) is 0. The van der Waals surface area contributed by atoms with E-state index < -0.39 is 0 Å². The first-order chi connectivity index (χ1) is 13.6. The summed E-state index contributed by atoms with van der Waals surface area (Å²) in [6.07, 6.45) is 3.36. The molecule has 0 radical (unpaired) electrons. The second-order valence-corrected chi connectivity index (χ2v) is 6.59. The van der Waals surface area contributed by atoms with Crippen molar-refractivity contribution in [2.24, 2.45) is 0 Å². The zero-order valence-corrected chi connectivity index (χ0v) is 16.2. The highest BCUT2D eigenvalue weighted by atomic mass is 16.5. The number of hydrogen-bond acceptors (Lipinski definition) is 6. The number of anilines is 3. The van der Waals surface area contributed by atoms with E-state index in [1.165, 1.54) is 0 Å². The average molecular weight is 377 g/mol. The van der Waals surface area contributed by atoms with Gasteiger partial charge in [0.2, 0.25) is 5.69 Å². The van der Waals surface area contributed by atoms with Crippen LogP contribution >= 0.6 is 0 Å². The fraction of sp³-hybridized carbons (Fsp3) is 0.300. The van der Waals surface area contributed by atoms with Crippen LogP contribution in [0.3, 0.4) is 0 Å². The van der Waals surface area contributed by atoms with Crippen LogP contribution in [-0.4, -0.2) is 33.3 Å². The van der Waals surface area contributed by atoms with Crippen molar-refractivity contribution in [3.8, 4) is 5.75 Å². The van der Waals surface area contributed by atoms with Crippen LogP contribution < -0.4 is 15.4 Å². The Morgan fingerprint density at radius 1 is 1.29 bits per heavy atom. The lowest BCUT2D eigenvalue weighted by Crippen LogP contribution is -2.13. The number of aromatic nitrogens is 4. The van der Waals surface area contributed by atoms with Gasteiger partial charge in [0.15, 0.2) is 5.82 Å². The predicted molar refractivity (Wildman–Crippen MR) is 109 cm³/mol. The molecule has 0 aromatic carbocycles. The topological polar surface area (TPSA) is 92.1 Å². The Hall–Kier alpha value is -3.60. The van der Waals surface area contributed by atoms with Gasteiger partial charge in [0.25, 0.3) is 0 Å². The van der Waals surface area contributed by atoms with Crippen LogP contribution in [-0.2, 0) is 0 Å². The Morgan fingerprint density at radius 2 is 2.14 bits per heavy atom. The van der Waals surface area contributed by atoms with Gasteiger partial charge in [-0.2, -0.15) is 5.10 Å². The van der Waals surface area contributed by atoms with E-state index in [-0.39, 0.29) is 0 Å². The first kappa shape index (κ1) is 19.2. The summed E-state index contributed by atoms with van der Waals surface area (Å²) < 4.78 is 5.62. The molecule has 144 valence electrons. The summed E-state index contributed by atoms with van der Waals surface area (Å²) in [5.41, 5.74) is 2.38. The zero-order valence-electron chi connectivity index (χ0n) is 16.2. The number of aryl methyl sites for hydroxylation is 1. The van der Waals surface area contributed by atoms with Crippen LogP contribution in [0.2, 0.25) is 0 Å². The van der Waals surface area contributed by atoms with Crippen molar-refractivity contribution in [1.29, 1.82) is 0 Å². The molecule has 0 bridgehead atoms. The molecule has 3 aromatic rings. The molecular weight excluding hydrogens is 354 g/mol. The maximum atomic E-state index is 7.45. The first-order valence-corrected chi connectivity index (χ1v) is 9.05. The second kappa shape index (κ2) is 8.86. The summed E-state index contributed by atoms with van der Waals surface area (Å²) >= 11 is 0. The summed E-state index contributed by atoms with van der Waals surface area (Å²) in [6, 6.07) is 7.47. The number of aromatic amines is 1. The van der Waals surface area contributed by atoms with E-state index in [9.17, 15) is 0 Å². The molecule has 8 heteroatoms. The number of nitrogens with one attached hydrogen (secondary N) is 3. The fourth-order valence-corrected chi connectivity index (χ4v) is 2.59. The van der Waals surface area contributed by atoms with Crippen LogP contribution in [0.25, 0.3) is 4.85 Å². The van der Waals surface area contributed by atoms with E-state index in [1.54, 1.807) is 12.4 Å². The molecule has 0 amide bonds. The molecule has 0 unspecified atom stereocenters. The molecular formula is C20H23N7O. The van der Waals surface area contributed by atoms with Crippen LogP contribution in [0.4, 0.5) is 23.1 Å². The molecule has 28 heavy (non-hydrogen) atoms. The molecule has 0 aliphatic rings. The van der Waals surface area contributed by atoms with Crippen molar-refractivity contribution in [3.63, 3.8) is 0 Å². The lowest BCUT2D eigenvalue weighted by Gasteiger charge is -2.13. The van der Waals surface area contributed by atoms with Gasteiger partial charge in [0.1, 0.15) is 24.0 Å². The highest BCUT2D eigenvalue weighted by Gasteiger charge is 2.12. The largest absolute Gasteiger partial charge is 0.490 e. The van der Waals surface area contributed by atoms with E-state index in [0.29, 0.717) is 48.0 Å². The highest BCUT2D eigenvalue weighted by Crippen LogP contribution is 2.30. The Balaban J connectivity index is 1.68. The third-order valence-corrected chi connectivity index (χ3v) is 4.07. The molecule has 0 aliphatic carbocycles. The molecule has 0 fully saturated rings. The summed E-state index contributed by atoms with van der Waals surface area (Å²) in [5.74, 6) is 2.90. The Bertz CT molecular complexity index is 960. The second-order valence-electron chi connectivity index (χ2n) is 6.59. The molecule has 0 aliphatic heterocycles. The van der Waals surface area contributed by atoms with E-state index in [2.05, 4.69) is 49.5 Å². The lowest BCUT2D eigenvalue weighted by atomic mass is 10.1. The average Bonchev–Trinajstić information content (AvgIpc) is 3.15. The maximum absolute atomic E-state index is 7.45. The normalized spacial score (nSPS) is 10.5. The zero-order chi connectivity index (χ0) is 19.9. The number of pyridine rings is 2. The van der Waals surface area contributed by atoms with Gasteiger partial charge in [0, 0.05) is 24.5 Å². The Morgan fingerprint density at radius 3 is 2.82 bits per heavy atom. The monoisotopic (exact) mass is 377 g/mol. The van der Waals surface area contributed by atoms with Gasteiger partial charge in [-0.3, -0.25) is 10.1 Å². The van der Waals surface area contributed by atoms with Crippen molar-refractivity contribution in [2.45, 2.75) is 26.7 Å². The molecule has 3 heterocycles. The van der Waals surface area contributed by atoms with Crippen molar-refractivity contribution in [3.05, 3.63) is 59.3 Å². The Kier molecular flexibility index (Phi) is 6.07. The maximum Gasteiger partial charge on any atom is 0.231 e. The van der Waals surface area contributed by atoms with Gasteiger partial charge >= 0.3 is 0 Å². The molecule has 8 nitrogen and oxygen atoms in total. The molecule has 3 N–H and O–H groups in total. The van der Waals surface area contributed by atoms with Gasteiger partial charge in [-0.25, -0.2) is 9.83 Å². The molecule has 0 saturated heterocycles. The van der Waals surface area contributed by atoms with E-state index >= 15 is 0 Å². The van der Waals surface area contributed by atoms with Crippen molar-refractivity contribution >= 4 is 23.1 Å². The molecule has 0 atom stereocenters. The number of hydrogen-bond donors (Lipinski definition) is 3.